The Kier molecular flexibility index (Phi) is 5.71. The van der Waals surface area contributed by atoms with Gasteiger partial charge in [0.05, 0.1) is 34.5 Å². The first-order valence-corrected chi connectivity index (χ1v) is 10.4. The second kappa shape index (κ2) is 8.31. The number of rotatable bonds is 7. The number of fused-ring (bicyclic) bond motifs is 1. The number of ether oxygens (including phenoxy) is 1. The van der Waals surface area contributed by atoms with E-state index in [1.165, 1.54) is 0 Å². The molecular formula is C22H21ClF2N4O2. The summed E-state index contributed by atoms with van der Waals surface area (Å²) < 4.78 is 31.9. The highest BCUT2D eigenvalue weighted by Gasteiger charge is 2.45. The van der Waals surface area contributed by atoms with E-state index in [1.807, 2.05) is 0 Å². The van der Waals surface area contributed by atoms with E-state index < -0.39 is 11.8 Å². The summed E-state index contributed by atoms with van der Waals surface area (Å²) in [4.78, 5) is 16.9. The number of benzene rings is 1. The molecule has 6 nitrogen and oxygen atoms in total. The summed E-state index contributed by atoms with van der Waals surface area (Å²) in [6, 6.07) is 8.95. The summed E-state index contributed by atoms with van der Waals surface area (Å²) in [5.74, 6) is -2.42. The predicted molar refractivity (Wildman–Crippen MR) is 113 cm³/mol. The van der Waals surface area contributed by atoms with Crippen molar-refractivity contribution in [2.24, 2.45) is 5.92 Å². The number of hydrogen-bond acceptors (Lipinski definition) is 5. The summed E-state index contributed by atoms with van der Waals surface area (Å²) in [7, 11) is 0. The first-order valence-electron chi connectivity index (χ1n) is 10.0. The fourth-order valence-electron chi connectivity index (χ4n) is 4.00. The molecule has 4 rings (SSSR count). The number of aryl methyl sites for hydroxylation is 1. The largest absolute Gasteiger partial charge is 0.490 e. The summed E-state index contributed by atoms with van der Waals surface area (Å²) in [6.07, 6.45) is 0.127. The minimum atomic E-state index is -2.61. The highest BCUT2D eigenvalue weighted by molar-refractivity contribution is 6.33. The highest BCUT2D eigenvalue weighted by atomic mass is 35.5. The minimum Gasteiger partial charge on any atom is -0.490 e. The zero-order valence-corrected chi connectivity index (χ0v) is 17.6. The van der Waals surface area contributed by atoms with E-state index in [0.29, 0.717) is 46.5 Å². The second-order valence-corrected chi connectivity index (χ2v) is 8.39. The van der Waals surface area contributed by atoms with E-state index in [0.717, 1.165) is 5.56 Å². The number of carbonyl (C=O) groups is 1. The third kappa shape index (κ3) is 4.42. The molecule has 2 aliphatic rings. The quantitative estimate of drug-likeness (QED) is 0.633. The van der Waals surface area contributed by atoms with Crippen LogP contribution in [0.1, 0.15) is 42.0 Å². The number of alkyl halides is 2. The fourth-order valence-corrected chi connectivity index (χ4v) is 4.21. The van der Waals surface area contributed by atoms with Crippen molar-refractivity contribution >= 4 is 29.0 Å². The number of pyridine rings is 1. The SMILES string of the molecule is Cc1nc(NCCC2C(=O)Nc3c2ccc(Cl)c3OCC2CC(F)(F)C2)ccc1C#N. The molecular weight excluding hydrogens is 426 g/mol. The Morgan fingerprint density at radius 3 is 2.81 bits per heavy atom. The molecule has 0 bridgehead atoms. The monoisotopic (exact) mass is 446 g/mol. The lowest BCUT2D eigenvalue weighted by Gasteiger charge is -2.34. The Balaban J connectivity index is 1.41. The van der Waals surface area contributed by atoms with Crippen molar-refractivity contribution in [3.63, 3.8) is 0 Å². The number of amides is 1. The third-order valence-electron chi connectivity index (χ3n) is 5.67. The number of carbonyl (C=O) groups excluding carboxylic acids is 1. The van der Waals surface area contributed by atoms with Gasteiger partial charge >= 0.3 is 0 Å². The molecule has 0 radical (unpaired) electrons. The molecule has 31 heavy (non-hydrogen) atoms. The molecule has 2 aromatic rings. The number of nitrogens with zero attached hydrogens (tertiary/aromatic N) is 2. The van der Waals surface area contributed by atoms with E-state index in [4.69, 9.17) is 21.6 Å². The van der Waals surface area contributed by atoms with E-state index in [1.54, 1.807) is 31.2 Å². The molecule has 0 saturated heterocycles. The van der Waals surface area contributed by atoms with Crippen molar-refractivity contribution in [1.29, 1.82) is 5.26 Å². The van der Waals surface area contributed by atoms with E-state index in [2.05, 4.69) is 21.7 Å². The van der Waals surface area contributed by atoms with E-state index in [-0.39, 0.29) is 31.3 Å². The van der Waals surface area contributed by atoms with Gasteiger partial charge in [-0.25, -0.2) is 13.8 Å². The van der Waals surface area contributed by atoms with Crippen LogP contribution in [-0.4, -0.2) is 30.0 Å². The first-order chi connectivity index (χ1) is 14.8. The molecule has 1 aromatic carbocycles. The predicted octanol–water partition coefficient (Wildman–Crippen LogP) is 4.88. The minimum absolute atomic E-state index is 0.136. The second-order valence-electron chi connectivity index (χ2n) is 7.98. The first kappa shape index (κ1) is 21.3. The molecule has 1 unspecified atom stereocenters. The van der Waals surface area contributed by atoms with Crippen LogP contribution in [-0.2, 0) is 4.79 Å². The van der Waals surface area contributed by atoms with Crippen molar-refractivity contribution in [3.8, 4) is 11.8 Å². The maximum atomic E-state index is 13.1. The van der Waals surface area contributed by atoms with Crippen LogP contribution in [0.25, 0.3) is 0 Å². The average molecular weight is 447 g/mol. The van der Waals surface area contributed by atoms with Gasteiger partial charge in [-0.3, -0.25) is 4.79 Å². The van der Waals surface area contributed by atoms with Crippen molar-refractivity contribution in [1.82, 2.24) is 4.98 Å². The lowest BCUT2D eigenvalue weighted by Crippen LogP contribution is -2.38. The van der Waals surface area contributed by atoms with Gasteiger partial charge in [0, 0.05) is 25.3 Å². The van der Waals surface area contributed by atoms with E-state index >= 15 is 0 Å². The van der Waals surface area contributed by atoms with Gasteiger partial charge in [0.25, 0.3) is 0 Å². The van der Waals surface area contributed by atoms with Crippen molar-refractivity contribution in [2.75, 3.05) is 23.8 Å². The maximum absolute atomic E-state index is 13.1. The molecule has 1 aromatic heterocycles. The van der Waals surface area contributed by atoms with Gasteiger partial charge in [0.1, 0.15) is 11.9 Å². The fraction of sp³-hybridized carbons (Fsp3) is 0.409. The topological polar surface area (TPSA) is 87.0 Å². The molecule has 162 valence electrons. The maximum Gasteiger partial charge on any atom is 0.248 e. The van der Waals surface area contributed by atoms with Gasteiger partial charge < -0.3 is 15.4 Å². The van der Waals surface area contributed by atoms with Gasteiger partial charge in [-0.2, -0.15) is 5.26 Å². The molecule has 1 fully saturated rings. The van der Waals surface area contributed by atoms with Crippen LogP contribution in [0, 0.1) is 24.2 Å². The summed E-state index contributed by atoms with van der Waals surface area (Å²) in [5, 5.41) is 15.3. The van der Waals surface area contributed by atoms with Crippen LogP contribution < -0.4 is 15.4 Å². The van der Waals surface area contributed by atoms with Gasteiger partial charge in [0.2, 0.25) is 11.8 Å². The Labute approximate surface area is 183 Å². The highest BCUT2D eigenvalue weighted by Crippen LogP contribution is 2.46. The smallest absolute Gasteiger partial charge is 0.248 e. The number of hydrogen-bond donors (Lipinski definition) is 2. The molecule has 1 saturated carbocycles. The Morgan fingerprint density at radius 2 is 2.13 bits per heavy atom. The standard InChI is InChI=1S/C22H21ClF2N4O2/c1-12-14(10-26)2-5-18(28-12)27-7-6-16-15-3-4-17(23)20(19(15)29-21(16)30)31-11-13-8-22(24,25)9-13/h2-5,13,16H,6-9,11H2,1H3,(H,27,28)(H,29,30). The molecule has 2 heterocycles. The molecule has 0 spiro atoms. The van der Waals surface area contributed by atoms with E-state index in [9.17, 15) is 13.6 Å². The number of halogens is 3. The summed E-state index contributed by atoms with van der Waals surface area (Å²) in [6.45, 7) is 2.39. The van der Waals surface area contributed by atoms with Crippen LogP contribution in [0.15, 0.2) is 24.3 Å². The number of nitriles is 1. The summed E-state index contributed by atoms with van der Waals surface area (Å²) >= 11 is 6.26. The molecule has 9 heteroatoms. The van der Waals surface area contributed by atoms with Crippen molar-refractivity contribution in [3.05, 3.63) is 46.1 Å². The number of nitrogens with one attached hydrogen (secondary N) is 2. The third-order valence-corrected chi connectivity index (χ3v) is 5.96. The Bertz CT molecular complexity index is 1060. The summed E-state index contributed by atoms with van der Waals surface area (Å²) in [5.41, 5.74) is 2.44. The Morgan fingerprint density at radius 1 is 1.35 bits per heavy atom. The number of aromatic nitrogens is 1. The molecule has 1 aliphatic heterocycles. The lowest BCUT2D eigenvalue weighted by atomic mass is 9.82. The number of anilines is 2. The van der Waals surface area contributed by atoms with Gasteiger partial charge in [0.15, 0.2) is 5.75 Å². The van der Waals surface area contributed by atoms with Crippen LogP contribution in [0.2, 0.25) is 5.02 Å². The zero-order valence-electron chi connectivity index (χ0n) is 16.8. The molecule has 2 N–H and O–H groups in total. The van der Waals surface area contributed by atoms with Gasteiger partial charge in [-0.05, 0) is 37.1 Å². The van der Waals surface area contributed by atoms with Crippen LogP contribution in [0.3, 0.4) is 0 Å². The normalized spacial score (nSPS) is 19.2. The average Bonchev–Trinajstić information content (AvgIpc) is 3.01. The van der Waals surface area contributed by atoms with Crippen LogP contribution >= 0.6 is 11.6 Å². The zero-order chi connectivity index (χ0) is 22.2. The molecule has 1 atom stereocenters. The van der Waals surface area contributed by atoms with Gasteiger partial charge in [-0.15, -0.1) is 0 Å². The van der Waals surface area contributed by atoms with Crippen molar-refractivity contribution < 1.29 is 18.3 Å². The van der Waals surface area contributed by atoms with Crippen LogP contribution in [0.5, 0.6) is 5.75 Å². The van der Waals surface area contributed by atoms with Crippen molar-refractivity contribution in [2.45, 2.75) is 38.0 Å². The molecule has 1 aliphatic carbocycles. The van der Waals surface area contributed by atoms with Crippen LogP contribution in [0.4, 0.5) is 20.3 Å². The van der Waals surface area contributed by atoms with Gasteiger partial charge in [-0.1, -0.05) is 17.7 Å². The lowest BCUT2D eigenvalue weighted by molar-refractivity contribution is -0.119. The Hall–Kier alpha value is -2.92. The molecule has 1 amide bonds.